The van der Waals surface area contributed by atoms with Gasteiger partial charge in [-0.2, -0.15) is 4.98 Å². The molecule has 9 nitrogen and oxygen atoms in total. The van der Waals surface area contributed by atoms with Gasteiger partial charge in [0.15, 0.2) is 0 Å². The Labute approximate surface area is 248 Å². The van der Waals surface area contributed by atoms with Crippen LogP contribution in [-0.4, -0.2) is 68.0 Å². The molecule has 2 heterocycles. The maximum atomic E-state index is 13.7. The molecule has 3 aromatic carbocycles. The summed E-state index contributed by atoms with van der Waals surface area (Å²) in [4.78, 5) is 35.2. The van der Waals surface area contributed by atoms with E-state index in [1.807, 2.05) is 42.2 Å². The first-order chi connectivity index (χ1) is 19.7. The van der Waals surface area contributed by atoms with Crippen LogP contribution >= 0.6 is 23.2 Å². The van der Waals surface area contributed by atoms with Gasteiger partial charge in [0, 0.05) is 41.6 Å². The number of nitrogens with zero attached hydrogens (tertiary/aromatic N) is 4. The molecular weight excluding hydrogens is 561 g/mol. The third kappa shape index (κ3) is 6.81. The smallest absolute Gasteiger partial charge is 0.240 e. The van der Waals surface area contributed by atoms with Crippen LogP contribution in [0.4, 0.5) is 5.95 Å². The third-order valence-corrected chi connectivity index (χ3v) is 8.24. The van der Waals surface area contributed by atoms with Crippen molar-refractivity contribution in [2.45, 2.75) is 50.7 Å². The maximum absolute atomic E-state index is 13.7. The number of rotatable bonds is 8. The van der Waals surface area contributed by atoms with Crippen LogP contribution in [0.15, 0.2) is 60.7 Å². The molecule has 1 aromatic heterocycles. The summed E-state index contributed by atoms with van der Waals surface area (Å²) in [6, 6.07) is 18.1. The van der Waals surface area contributed by atoms with E-state index in [1.54, 1.807) is 23.1 Å². The predicted octanol–water partition coefficient (Wildman–Crippen LogP) is 4.02. The summed E-state index contributed by atoms with van der Waals surface area (Å²) in [5.41, 5.74) is 13.8. The summed E-state index contributed by atoms with van der Waals surface area (Å²) in [6.45, 7) is 2.72. The second kappa shape index (κ2) is 12.5. The monoisotopic (exact) mass is 593 g/mol. The number of nitrogens with one attached hydrogen (secondary N) is 1. The molecule has 0 bridgehead atoms. The van der Waals surface area contributed by atoms with E-state index in [4.69, 9.17) is 34.7 Å². The molecule has 1 aliphatic heterocycles. The first-order valence-corrected chi connectivity index (χ1v) is 14.4. The molecule has 0 unspecified atom stereocenters. The van der Waals surface area contributed by atoms with E-state index in [1.165, 1.54) is 0 Å². The van der Waals surface area contributed by atoms with Crippen molar-refractivity contribution in [3.63, 3.8) is 0 Å². The Morgan fingerprint density at radius 3 is 2.56 bits per heavy atom. The minimum absolute atomic E-state index is 0.0195. The van der Waals surface area contributed by atoms with Crippen LogP contribution in [0, 0.1) is 0 Å². The van der Waals surface area contributed by atoms with Gasteiger partial charge in [-0.15, -0.1) is 5.10 Å². The van der Waals surface area contributed by atoms with Gasteiger partial charge in [-0.3, -0.25) is 14.7 Å². The van der Waals surface area contributed by atoms with Gasteiger partial charge in [-0.25, -0.2) is 0 Å². The number of nitrogen functional groups attached to an aromatic ring is 1. The molecule has 5 rings (SSSR count). The number of carbonyl (C=O) groups is 2. The van der Waals surface area contributed by atoms with E-state index in [0.717, 1.165) is 21.9 Å². The lowest BCUT2D eigenvalue weighted by atomic mass is 9.98. The highest BCUT2D eigenvalue weighted by Gasteiger charge is 2.38. The average molecular weight is 595 g/mol. The number of aromatic nitrogens is 3. The third-order valence-electron chi connectivity index (χ3n) is 7.65. The first-order valence-electron chi connectivity index (χ1n) is 13.6. The van der Waals surface area contributed by atoms with Gasteiger partial charge in [-0.1, -0.05) is 71.7 Å². The highest BCUT2D eigenvalue weighted by atomic mass is 35.5. The molecule has 0 radical (unpaired) electrons. The second-order valence-corrected chi connectivity index (χ2v) is 11.5. The van der Waals surface area contributed by atoms with Gasteiger partial charge in [-0.05, 0) is 53.8 Å². The topological polar surface area (TPSA) is 134 Å². The molecule has 11 heteroatoms. The number of fused-ring (bicyclic) bond motifs is 1. The van der Waals surface area contributed by atoms with Crippen molar-refractivity contribution in [2.24, 2.45) is 5.73 Å². The van der Waals surface area contributed by atoms with Crippen molar-refractivity contribution in [1.82, 2.24) is 25.0 Å². The van der Waals surface area contributed by atoms with Crippen molar-refractivity contribution in [3.8, 4) is 0 Å². The highest BCUT2D eigenvalue weighted by Crippen LogP contribution is 2.25. The summed E-state index contributed by atoms with van der Waals surface area (Å²) < 4.78 is 0. The van der Waals surface area contributed by atoms with E-state index >= 15 is 0 Å². The standard InChI is InChI=1S/C30H33Cl2N7O2/c1-18-16-39(29(41)26(33)14-22-8-9-23(31)15-25(22)32)24(10-11-27-35-30(34)37-36-27)17-38(18)28(40)13-19-6-7-20-4-2-3-5-21(20)12-19/h2-9,12,15,18,24,26H,10-11,13-14,16-17,33H2,1H3,(H3,34,35,36,37)/t18-,24+,26-/m1/s1. The molecule has 1 aliphatic rings. The van der Waals surface area contributed by atoms with Crippen molar-refractivity contribution in [2.75, 3.05) is 18.8 Å². The number of piperazine rings is 1. The minimum atomic E-state index is -0.802. The van der Waals surface area contributed by atoms with Crippen molar-refractivity contribution >= 4 is 51.7 Å². The Morgan fingerprint density at radius 2 is 1.83 bits per heavy atom. The van der Waals surface area contributed by atoms with E-state index in [-0.39, 0.29) is 42.7 Å². The number of benzene rings is 3. The molecule has 0 saturated carbocycles. The van der Waals surface area contributed by atoms with Gasteiger partial charge in [0.1, 0.15) is 5.82 Å². The van der Waals surface area contributed by atoms with Gasteiger partial charge in [0.2, 0.25) is 17.8 Å². The van der Waals surface area contributed by atoms with Crippen LogP contribution < -0.4 is 11.5 Å². The normalized spacial score (nSPS) is 18.0. The fourth-order valence-electron chi connectivity index (χ4n) is 5.48. The van der Waals surface area contributed by atoms with Crippen molar-refractivity contribution in [1.29, 1.82) is 0 Å². The Bertz CT molecular complexity index is 1560. The molecule has 0 spiro atoms. The molecule has 3 atom stereocenters. The van der Waals surface area contributed by atoms with Gasteiger partial charge in [0.05, 0.1) is 12.5 Å². The Kier molecular flexibility index (Phi) is 8.77. The molecule has 1 fully saturated rings. The zero-order valence-corrected chi connectivity index (χ0v) is 24.3. The van der Waals surface area contributed by atoms with Crippen molar-refractivity contribution in [3.05, 3.63) is 87.7 Å². The number of aromatic amines is 1. The number of halogens is 2. The summed E-state index contributed by atoms with van der Waals surface area (Å²) in [6.07, 6.45) is 1.62. The summed E-state index contributed by atoms with van der Waals surface area (Å²) in [5.74, 6) is 0.622. The SMILES string of the molecule is C[C@@H]1CN(C(=O)[C@H](N)Cc2ccc(Cl)cc2Cl)[C@@H](CCc2nc(N)n[nH]2)CN1C(=O)Cc1ccc2ccccc2c1. The quantitative estimate of drug-likeness (QED) is 0.282. The van der Waals surface area contributed by atoms with Crippen LogP contribution in [0.25, 0.3) is 10.8 Å². The maximum Gasteiger partial charge on any atom is 0.240 e. The van der Waals surface area contributed by atoms with Gasteiger partial charge in [0.25, 0.3) is 0 Å². The zero-order chi connectivity index (χ0) is 29.1. The van der Waals surface area contributed by atoms with Gasteiger partial charge >= 0.3 is 0 Å². The van der Waals surface area contributed by atoms with Crippen LogP contribution in [-0.2, 0) is 28.9 Å². The zero-order valence-electron chi connectivity index (χ0n) is 22.8. The fourth-order valence-corrected chi connectivity index (χ4v) is 5.96. The van der Waals surface area contributed by atoms with E-state index < -0.39 is 6.04 Å². The van der Waals surface area contributed by atoms with E-state index in [2.05, 4.69) is 27.3 Å². The molecule has 4 aromatic rings. The molecule has 2 amide bonds. The van der Waals surface area contributed by atoms with Crippen LogP contribution in [0.1, 0.15) is 30.3 Å². The Morgan fingerprint density at radius 1 is 1.05 bits per heavy atom. The van der Waals surface area contributed by atoms with Crippen molar-refractivity contribution < 1.29 is 9.59 Å². The number of hydrogen-bond donors (Lipinski definition) is 3. The number of carbonyl (C=O) groups excluding carboxylic acids is 2. The number of H-pyrrole nitrogens is 1. The average Bonchev–Trinajstić information content (AvgIpc) is 3.37. The second-order valence-electron chi connectivity index (χ2n) is 10.6. The lowest BCUT2D eigenvalue weighted by Gasteiger charge is -2.46. The van der Waals surface area contributed by atoms with Crippen LogP contribution in [0.5, 0.6) is 0 Å². The Balaban J connectivity index is 1.32. The molecule has 41 heavy (non-hydrogen) atoms. The molecular formula is C30H33Cl2N7O2. The molecule has 5 N–H and O–H groups in total. The lowest BCUT2D eigenvalue weighted by Crippen LogP contribution is -2.63. The first kappa shape index (κ1) is 28.9. The molecule has 0 aliphatic carbocycles. The number of anilines is 1. The summed E-state index contributed by atoms with van der Waals surface area (Å²) in [5, 5.41) is 9.95. The number of hydrogen-bond acceptors (Lipinski definition) is 6. The largest absolute Gasteiger partial charge is 0.367 e. The van der Waals surface area contributed by atoms with Crippen LogP contribution in [0.3, 0.4) is 0 Å². The lowest BCUT2D eigenvalue weighted by molar-refractivity contribution is -0.147. The summed E-state index contributed by atoms with van der Waals surface area (Å²) in [7, 11) is 0. The van der Waals surface area contributed by atoms with E-state index in [0.29, 0.717) is 41.8 Å². The molecule has 214 valence electrons. The van der Waals surface area contributed by atoms with Crippen LogP contribution in [0.2, 0.25) is 10.0 Å². The number of aryl methyl sites for hydroxylation is 1. The Hall–Kier alpha value is -3.66. The summed E-state index contributed by atoms with van der Waals surface area (Å²) >= 11 is 12.4. The van der Waals surface area contributed by atoms with E-state index in [9.17, 15) is 9.59 Å². The molecule has 1 saturated heterocycles. The number of nitrogens with two attached hydrogens (primary N) is 2. The minimum Gasteiger partial charge on any atom is -0.367 e. The number of amides is 2. The predicted molar refractivity (Wildman–Crippen MR) is 162 cm³/mol. The van der Waals surface area contributed by atoms with Gasteiger partial charge < -0.3 is 21.3 Å². The highest BCUT2D eigenvalue weighted by molar-refractivity contribution is 6.35. The fraction of sp³-hybridized carbons (Fsp3) is 0.333.